The highest BCUT2D eigenvalue weighted by Gasteiger charge is 2.40. The molecule has 2 heterocycles. The molecule has 1 aromatic rings. The molecule has 0 aliphatic carbocycles. The van der Waals surface area contributed by atoms with Crippen molar-refractivity contribution in [2.45, 2.75) is 39.2 Å². The van der Waals surface area contributed by atoms with E-state index in [1.54, 1.807) is 0 Å². The summed E-state index contributed by atoms with van der Waals surface area (Å²) >= 11 is 0. The van der Waals surface area contributed by atoms with Gasteiger partial charge in [-0.25, -0.2) is 0 Å². The maximum Gasteiger partial charge on any atom is 0.311 e. The number of nitrogens with zero attached hydrogens (tertiary/aromatic N) is 2. The fourth-order valence-corrected chi connectivity index (χ4v) is 2.48. The lowest BCUT2D eigenvalue weighted by Gasteiger charge is -2.33. The van der Waals surface area contributed by atoms with Crippen molar-refractivity contribution in [2.24, 2.45) is 5.41 Å². The van der Waals surface area contributed by atoms with Gasteiger partial charge in [0.1, 0.15) is 0 Å². The van der Waals surface area contributed by atoms with Gasteiger partial charge in [-0.05, 0) is 39.3 Å². The minimum atomic E-state index is -0.714. The fourth-order valence-electron chi connectivity index (χ4n) is 2.48. The molecule has 2 N–H and O–H groups in total. The monoisotopic (exact) mass is 251 g/mol. The molecule has 0 saturated carbocycles. The van der Waals surface area contributed by atoms with Crippen LogP contribution in [0.3, 0.4) is 0 Å². The Morgan fingerprint density at radius 3 is 2.94 bits per heavy atom. The molecule has 1 aromatic heterocycles. The summed E-state index contributed by atoms with van der Waals surface area (Å²) in [5.41, 5.74) is 0.184. The fraction of sp³-hybridized carbons (Fsp3) is 0.692. The first-order chi connectivity index (χ1) is 8.53. The van der Waals surface area contributed by atoms with E-state index in [4.69, 9.17) is 0 Å². The number of aromatic nitrogens is 2. The lowest BCUT2D eigenvalue weighted by molar-refractivity contribution is -0.150. The molecule has 1 aliphatic rings. The number of rotatable bonds is 4. The number of carbonyl (C=O) groups is 1. The number of carboxylic acid groups (broad SMARTS) is 1. The second kappa shape index (κ2) is 5.10. The predicted molar refractivity (Wildman–Crippen MR) is 68.5 cm³/mol. The Labute approximate surface area is 107 Å². The second-order valence-electron chi connectivity index (χ2n) is 5.42. The highest BCUT2D eigenvalue weighted by atomic mass is 16.4. The van der Waals surface area contributed by atoms with Gasteiger partial charge in [0.15, 0.2) is 0 Å². The first kappa shape index (κ1) is 13.1. The van der Waals surface area contributed by atoms with Crippen molar-refractivity contribution in [2.75, 3.05) is 13.1 Å². The number of hydrogen-bond acceptors (Lipinski definition) is 3. The molecular weight excluding hydrogens is 230 g/mol. The normalized spacial score (nSPS) is 24.4. The van der Waals surface area contributed by atoms with Crippen LogP contribution in [0.1, 0.15) is 38.4 Å². The van der Waals surface area contributed by atoms with Crippen molar-refractivity contribution in [1.29, 1.82) is 0 Å². The smallest absolute Gasteiger partial charge is 0.311 e. The maximum atomic E-state index is 11.5. The molecule has 1 aliphatic heterocycles. The zero-order valence-corrected chi connectivity index (χ0v) is 11.0. The zero-order chi connectivity index (χ0) is 13.2. The van der Waals surface area contributed by atoms with Crippen molar-refractivity contribution in [1.82, 2.24) is 15.1 Å². The van der Waals surface area contributed by atoms with Crippen LogP contribution in [0.4, 0.5) is 0 Å². The van der Waals surface area contributed by atoms with Crippen molar-refractivity contribution in [3.63, 3.8) is 0 Å². The van der Waals surface area contributed by atoms with Crippen LogP contribution in [-0.2, 0) is 11.2 Å². The maximum absolute atomic E-state index is 11.5. The topological polar surface area (TPSA) is 67.2 Å². The average Bonchev–Trinajstić information content (AvgIpc) is 2.78. The molecule has 0 spiro atoms. The molecule has 1 saturated heterocycles. The van der Waals surface area contributed by atoms with E-state index in [9.17, 15) is 9.90 Å². The van der Waals surface area contributed by atoms with Crippen LogP contribution in [-0.4, -0.2) is 33.9 Å². The Balaban J connectivity index is 2.15. The summed E-state index contributed by atoms with van der Waals surface area (Å²) in [6, 6.07) is 2.24. The van der Waals surface area contributed by atoms with Gasteiger partial charge in [-0.3, -0.25) is 9.48 Å². The van der Waals surface area contributed by atoms with Crippen molar-refractivity contribution < 1.29 is 9.90 Å². The third-order valence-electron chi connectivity index (χ3n) is 3.64. The van der Waals surface area contributed by atoms with E-state index >= 15 is 0 Å². The third-order valence-corrected chi connectivity index (χ3v) is 3.64. The van der Waals surface area contributed by atoms with E-state index in [2.05, 4.69) is 24.3 Å². The summed E-state index contributed by atoms with van der Waals surface area (Å²) in [7, 11) is 0. The van der Waals surface area contributed by atoms with Crippen LogP contribution in [0.25, 0.3) is 0 Å². The van der Waals surface area contributed by atoms with Crippen LogP contribution >= 0.6 is 0 Å². The highest BCUT2D eigenvalue weighted by molar-refractivity contribution is 5.75. The Morgan fingerprint density at radius 2 is 2.44 bits per heavy atom. The van der Waals surface area contributed by atoms with Crippen LogP contribution in [0.5, 0.6) is 0 Å². The first-order valence-corrected chi connectivity index (χ1v) is 6.52. The number of hydrogen-bond donors (Lipinski definition) is 2. The van der Waals surface area contributed by atoms with Gasteiger partial charge in [0, 0.05) is 25.2 Å². The molecule has 0 amide bonds. The van der Waals surface area contributed by atoms with Crippen molar-refractivity contribution in [3.05, 3.63) is 18.0 Å². The lowest BCUT2D eigenvalue weighted by atomic mass is 9.77. The van der Waals surface area contributed by atoms with Gasteiger partial charge in [-0.1, -0.05) is 0 Å². The number of piperidine rings is 1. The van der Waals surface area contributed by atoms with Gasteiger partial charge < -0.3 is 10.4 Å². The molecule has 5 heteroatoms. The molecule has 0 radical (unpaired) electrons. The molecular formula is C13H21N3O2. The number of carboxylic acids is 1. The summed E-state index contributed by atoms with van der Waals surface area (Å²) in [6.07, 6.45) is 4.07. The molecule has 1 atom stereocenters. The minimum absolute atomic E-state index is 0.309. The SMILES string of the molecule is CC(C)n1ccc(CC2(C(=O)O)CCCNC2)n1. The zero-order valence-electron chi connectivity index (χ0n) is 11.0. The number of aliphatic carboxylic acids is 1. The van der Waals surface area contributed by atoms with Crippen LogP contribution < -0.4 is 5.32 Å². The second-order valence-corrected chi connectivity index (χ2v) is 5.42. The molecule has 100 valence electrons. The van der Waals surface area contributed by atoms with E-state index in [-0.39, 0.29) is 0 Å². The average molecular weight is 251 g/mol. The van der Waals surface area contributed by atoms with Crippen LogP contribution in [0, 0.1) is 5.41 Å². The molecule has 1 fully saturated rings. The van der Waals surface area contributed by atoms with E-state index in [0.29, 0.717) is 19.0 Å². The highest BCUT2D eigenvalue weighted by Crippen LogP contribution is 2.30. The van der Waals surface area contributed by atoms with Gasteiger partial charge in [0.05, 0.1) is 11.1 Å². The third kappa shape index (κ3) is 2.56. The summed E-state index contributed by atoms with van der Waals surface area (Å²) in [4.78, 5) is 11.5. The van der Waals surface area contributed by atoms with Gasteiger partial charge in [-0.15, -0.1) is 0 Å². The van der Waals surface area contributed by atoms with Crippen LogP contribution in [0.2, 0.25) is 0 Å². The molecule has 1 unspecified atom stereocenters. The van der Waals surface area contributed by atoms with Gasteiger partial charge >= 0.3 is 5.97 Å². The van der Waals surface area contributed by atoms with E-state index < -0.39 is 11.4 Å². The molecule has 18 heavy (non-hydrogen) atoms. The van der Waals surface area contributed by atoms with Gasteiger partial charge in [-0.2, -0.15) is 5.10 Å². The first-order valence-electron chi connectivity index (χ1n) is 6.52. The standard InChI is InChI=1S/C13H21N3O2/c1-10(2)16-7-4-11(15-16)8-13(12(17)18)5-3-6-14-9-13/h4,7,10,14H,3,5-6,8-9H2,1-2H3,(H,17,18). The van der Waals surface area contributed by atoms with E-state index in [1.165, 1.54) is 0 Å². The Bertz CT molecular complexity index is 420. The quantitative estimate of drug-likeness (QED) is 0.850. The lowest BCUT2D eigenvalue weighted by Crippen LogP contribution is -2.47. The van der Waals surface area contributed by atoms with E-state index in [1.807, 2.05) is 16.9 Å². The molecule has 0 bridgehead atoms. The van der Waals surface area contributed by atoms with Crippen molar-refractivity contribution in [3.8, 4) is 0 Å². The minimum Gasteiger partial charge on any atom is -0.481 e. The molecule has 2 rings (SSSR count). The Kier molecular flexibility index (Phi) is 3.71. The summed E-state index contributed by atoms with van der Waals surface area (Å²) in [6.45, 7) is 5.57. The Hall–Kier alpha value is -1.36. The predicted octanol–water partition coefficient (Wildman–Crippen LogP) is 1.46. The summed E-state index contributed by atoms with van der Waals surface area (Å²) in [5.74, 6) is -0.714. The molecule has 5 nitrogen and oxygen atoms in total. The number of nitrogens with one attached hydrogen (secondary N) is 1. The summed E-state index contributed by atoms with van der Waals surface area (Å²) in [5, 5.41) is 17.1. The largest absolute Gasteiger partial charge is 0.481 e. The Morgan fingerprint density at radius 1 is 1.67 bits per heavy atom. The summed E-state index contributed by atoms with van der Waals surface area (Å²) < 4.78 is 1.88. The van der Waals surface area contributed by atoms with Gasteiger partial charge in [0.2, 0.25) is 0 Å². The van der Waals surface area contributed by atoms with Crippen molar-refractivity contribution >= 4 is 5.97 Å². The van der Waals surface area contributed by atoms with E-state index in [0.717, 1.165) is 25.1 Å². The van der Waals surface area contributed by atoms with Gasteiger partial charge in [0.25, 0.3) is 0 Å². The molecule has 0 aromatic carbocycles. The van der Waals surface area contributed by atoms with Crippen LogP contribution in [0.15, 0.2) is 12.3 Å².